The van der Waals surface area contributed by atoms with E-state index in [9.17, 15) is 0 Å². The van der Waals surface area contributed by atoms with Crippen LogP contribution in [-0.4, -0.2) is 30.9 Å². The second-order valence-corrected chi connectivity index (χ2v) is 21.7. The fourth-order valence-electron chi connectivity index (χ4n) is 3.23. The number of rotatable bonds is 9. The van der Waals surface area contributed by atoms with Crippen molar-refractivity contribution in [3.8, 4) is 11.5 Å². The predicted octanol–water partition coefficient (Wildman–Crippen LogP) is 8.53. The van der Waals surface area contributed by atoms with Crippen LogP contribution < -0.4 is 9.47 Å². The third kappa shape index (κ3) is 6.75. The highest BCUT2D eigenvalue weighted by molar-refractivity contribution is 6.74. The predicted molar refractivity (Wildman–Crippen MR) is 148 cm³/mol. The van der Waals surface area contributed by atoms with Crippen molar-refractivity contribution in [3.63, 3.8) is 0 Å². The van der Waals surface area contributed by atoms with Crippen LogP contribution in [0.25, 0.3) is 0 Å². The second-order valence-electron chi connectivity index (χ2n) is 12.2. The zero-order chi connectivity index (χ0) is 25.9. The van der Waals surface area contributed by atoms with Crippen LogP contribution in [0.5, 0.6) is 11.5 Å². The Hall–Kier alpha value is -1.61. The van der Waals surface area contributed by atoms with Gasteiger partial charge in [0.1, 0.15) is 11.5 Å². The lowest BCUT2D eigenvalue weighted by molar-refractivity contribution is 0.0331. The first kappa shape index (κ1) is 28.6. The number of ether oxygens (including phenoxy) is 2. The maximum Gasteiger partial charge on any atom is 0.193 e. The first-order valence-corrected chi connectivity index (χ1v) is 18.0. The van der Waals surface area contributed by atoms with E-state index in [4.69, 9.17) is 18.3 Å². The van der Waals surface area contributed by atoms with E-state index in [1.54, 1.807) is 14.2 Å². The maximum atomic E-state index is 7.18. The molecule has 0 bridgehead atoms. The molecular formula is C28H46O4Si2. The summed E-state index contributed by atoms with van der Waals surface area (Å²) in [7, 11) is -0.902. The van der Waals surface area contributed by atoms with Crippen molar-refractivity contribution in [3.05, 3.63) is 59.7 Å². The quantitative estimate of drug-likeness (QED) is 0.322. The summed E-state index contributed by atoms with van der Waals surface area (Å²) in [5.74, 6) is 1.64. The zero-order valence-electron chi connectivity index (χ0n) is 23.4. The SMILES string of the molecule is COc1cccc(C(O[Si](C)(C)C(C)(C)C)C(O[Si](C)(C)C(C)(C)C)c2cccc(OC)c2)c1. The van der Waals surface area contributed by atoms with Crippen LogP contribution in [-0.2, 0) is 8.85 Å². The molecule has 0 heterocycles. The van der Waals surface area contributed by atoms with Gasteiger partial charge >= 0.3 is 0 Å². The highest BCUT2D eigenvalue weighted by Crippen LogP contribution is 2.48. The largest absolute Gasteiger partial charge is 0.497 e. The summed E-state index contributed by atoms with van der Waals surface area (Å²) in [5, 5.41) is 0.111. The Morgan fingerprint density at radius 2 is 0.912 bits per heavy atom. The number of methoxy groups -OCH3 is 2. The van der Waals surface area contributed by atoms with Crippen molar-refractivity contribution in [2.24, 2.45) is 0 Å². The van der Waals surface area contributed by atoms with Gasteiger partial charge in [-0.15, -0.1) is 0 Å². The van der Waals surface area contributed by atoms with Gasteiger partial charge in [0.2, 0.25) is 0 Å². The van der Waals surface area contributed by atoms with E-state index in [1.807, 2.05) is 24.3 Å². The Labute approximate surface area is 210 Å². The van der Waals surface area contributed by atoms with Gasteiger partial charge in [0.05, 0.1) is 26.4 Å². The molecule has 0 saturated heterocycles. The summed E-state index contributed by atoms with van der Waals surface area (Å²) in [6.07, 6.45) is -0.561. The normalized spacial score (nSPS) is 15.1. The van der Waals surface area contributed by atoms with Gasteiger partial charge in [0.25, 0.3) is 0 Å². The first-order valence-electron chi connectivity index (χ1n) is 12.2. The molecule has 2 aromatic carbocycles. The number of benzene rings is 2. The molecule has 0 aromatic heterocycles. The Morgan fingerprint density at radius 1 is 0.588 bits per heavy atom. The summed E-state index contributed by atoms with van der Waals surface area (Å²) < 4.78 is 25.5. The smallest absolute Gasteiger partial charge is 0.193 e. The van der Waals surface area contributed by atoms with Crippen LogP contribution in [0.4, 0.5) is 0 Å². The number of hydrogen-bond acceptors (Lipinski definition) is 4. The molecule has 0 N–H and O–H groups in total. The molecule has 0 fully saturated rings. The Balaban J connectivity index is 2.74. The van der Waals surface area contributed by atoms with Gasteiger partial charge in [-0.2, -0.15) is 0 Å². The fraction of sp³-hybridized carbons (Fsp3) is 0.571. The summed E-state index contributed by atoms with van der Waals surface area (Å²) in [5.41, 5.74) is 2.13. The van der Waals surface area contributed by atoms with Crippen molar-refractivity contribution in [1.82, 2.24) is 0 Å². The molecule has 0 aliphatic heterocycles. The molecule has 0 spiro atoms. The van der Waals surface area contributed by atoms with Crippen molar-refractivity contribution in [2.75, 3.05) is 14.2 Å². The van der Waals surface area contributed by atoms with Crippen LogP contribution in [0.1, 0.15) is 64.9 Å². The topological polar surface area (TPSA) is 36.9 Å². The standard InChI is InChI=1S/C28H46O4Si2/c1-27(2,3)33(9,10)31-25(21-15-13-17-23(19-21)29-7)26(32-34(11,12)28(4,5)6)22-16-14-18-24(20-22)30-8/h13-20,25-26H,1-12H3. The molecule has 0 radical (unpaired) electrons. The Kier molecular flexibility index (Phi) is 8.90. The maximum absolute atomic E-state index is 7.18. The van der Waals surface area contributed by atoms with Gasteiger partial charge in [-0.25, -0.2) is 0 Å². The Morgan fingerprint density at radius 3 is 1.18 bits per heavy atom. The minimum Gasteiger partial charge on any atom is -0.497 e. The third-order valence-electron chi connectivity index (χ3n) is 7.58. The van der Waals surface area contributed by atoms with Crippen LogP contribution >= 0.6 is 0 Å². The molecule has 0 amide bonds. The third-order valence-corrected chi connectivity index (χ3v) is 16.5. The molecule has 2 unspecified atom stereocenters. The van der Waals surface area contributed by atoms with E-state index < -0.39 is 16.6 Å². The highest BCUT2D eigenvalue weighted by Gasteiger charge is 2.45. The molecule has 2 rings (SSSR count). The minimum atomic E-state index is -2.15. The summed E-state index contributed by atoms with van der Waals surface area (Å²) in [4.78, 5) is 0. The van der Waals surface area contributed by atoms with Crippen LogP contribution in [0.3, 0.4) is 0 Å². The average Bonchev–Trinajstić information content (AvgIpc) is 2.74. The van der Waals surface area contributed by atoms with Gasteiger partial charge in [0.15, 0.2) is 16.6 Å². The van der Waals surface area contributed by atoms with E-state index in [-0.39, 0.29) is 22.3 Å². The summed E-state index contributed by atoms with van der Waals surface area (Å²) in [6, 6.07) is 16.4. The van der Waals surface area contributed by atoms with Crippen molar-refractivity contribution in [1.29, 1.82) is 0 Å². The molecule has 34 heavy (non-hydrogen) atoms. The zero-order valence-corrected chi connectivity index (χ0v) is 25.4. The molecule has 6 heteroatoms. The molecule has 0 aliphatic carbocycles. The van der Waals surface area contributed by atoms with Gasteiger partial charge in [-0.1, -0.05) is 65.8 Å². The van der Waals surface area contributed by atoms with Crippen molar-refractivity contribution >= 4 is 16.6 Å². The molecule has 190 valence electrons. The van der Waals surface area contributed by atoms with Crippen molar-refractivity contribution < 1.29 is 18.3 Å². The lowest BCUT2D eigenvalue weighted by Crippen LogP contribution is -2.46. The van der Waals surface area contributed by atoms with Crippen LogP contribution in [0, 0.1) is 0 Å². The lowest BCUT2D eigenvalue weighted by atomic mass is 9.98. The fourth-order valence-corrected chi connectivity index (χ4v) is 5.73. The van der Waals surface area contributed by atoms with E-state index >= 15 is 0 Å². The van der Waals surface area contributed by atoms with E-state index in [0.717, 1.165) is 22.6 Å². The van der Waals surface area contributed by atoms with Crippen molar-refractivity contribution in [2.45, 2.75) is 90.0 Å². The molecular weight excluding hydrogens is 456 g/mol. The monoisotopic (exact) mass is 502 g/mol. The molecule has 0 saturated carbocycles. The highest BCUT2D eigenvalue weighted by atomic mass is 28.4. The Bertz CT molecular complexity index is 864. The second kappa shape index (κ2) is 10.6. The minimum absolute atomic E-state index is 0.0556. The molecule has 2 aromatic rings. The van der Waals surface area contributed by atoms with E-state index in [2.05, 4.69) is 92.0 Å². The van der Waals surface area contributed by atoms with Gasteiger partial charge in [0, 0.05) is 0 Å². The molecule has 2 atom stereocenters. The van der Waals surface area contributed by atoms with Gasteiger partial charge in [-0.3, -0.25) is 0 Å². The average molecular weight is 503 g/mol. The van der Waals surface area contributed by atoms with Gasteiger partial charge < -0.3 is 18.3 Å². The van der Waals surface area contributed by atoms with E-state index in [1.165, 1.54) is 0 Å². The van der Waals surface area contributed by atoms with Crippen LogP contribution in [0.15, 0.2) is 48.5 Å². The molecule has 0 aliphatic rings. The van der Waals surface area contributed by atoms with E-state index in [0.29, 0.717) is 0 Å². The lowest BCUT2D eigenvalue weighted by Gasteiger charge is -2.45. The molecule has 4 nitrogen and oxygen atoms in total. The van der Waals surface area contributed by atoms with Crippen LogP contribution in [0.2, 0.25) is 36.3 Å². The first-order chi connectivity index (χ1) is 15.5. The van der Waals surface area contributed by atoms with Gasteiger partial charge in [-0.05, 0) is 71.7 Å². The summed E-state index contributed by atoms with van der Waals surface area (Å²) >= 11 is 0. The summed E-state index contributed by atoms with van der Waals surface area (Å²) in [6.45, 7) is 22.9. The number of hydrogen-bond donors (Lipinski definition) is 0.